The number of ketones is 1. The van der Waals surface area contributed by atoms with Crippen LogP contribution in [0.2, 0.25) is 0 Å². The fourth-order valence-electron chi connectivity index (χ4n) is 3.11. The molecule has 1 amide bonds. The molecule has 0 radical (unpaired) electrons. The van der Waals surface area contributed by atoms with Crippen LogP contribution in [0.5, 0.6) is 0 Å². The lowest BCUT2D eigenvalue weighted by molar-refractivity contribution is -0.117. The molecule has 3 heterocycles. The lowest BCUT2D eigenvalue weighted by atomic mass is 9.98. The van der Waals surface area contributed by atoms with Crippen LogP contribution < -0.4 is 4.90 Å². The highest BCUT2D eigenvalue weighted by molar-refractivity contribution is 7.12. The fourth-order valence-corrected chi connectivity index (χ4v) is 3.79. The number of aromatic nitrogens is 1. The highest BCUT2D eigenvalue weighted by Crippen LogP contribution is 2.42. The normalized spacial score (nSPS) is 16.7. The number of nitrogens with zero attached hydrogens (tertiary/aromatic N) is 2. The number of thiophene rings is 1. The minimum Gasteiger partial charge on any atom is -0.503 e. The van der Waals surface area contributed by atoms with Crippen LogP contribution in [0.1, 0.15) is 21.4 Å². The molecule has 28 heavy (non-hydrogen) atoms. The van der Waals surface area contributed by atoms with E-state index in [1.807, 2.05) is 0 Å². The van der Waals surface area contributed by atoms with Crippen LogP contribution in [0.15, 0.2) is 71.4 Å². The van der Waals surface area contributed by atoms with E-state index in [-0.39, 0.29) is 17.0 Å². The average Bonchev–Trinajstić information content (AvgIpc) is 3.32. The summed E-state index contributed by atoms with van der Waals surface area (Å²) in [5.74, 6) is -4.01. The lowest BCUT2D eigenvalue weighted by Crippen LogP contribution is -2.32. The van der Waals surface area contributed by atoms with Crippen molar-refractivity contribution >= 4 is 28.7 Å². The zero-order valence-corrected chi connectivity index (χ0v) is 15.0. The number of halogens is 2. The zero-order chi connectivity index (χ0) is 19.8. The predicted octanol–water partition coefficient (Wildman–Crippen LogP) is 4.20. The van der Waals surface area contributed by atoms with Gasteiger partial charge in [-0.1, -0.05) is 12.1 Å². The summed E-state index contributed by atoms with van der Waals surface area (Å²) in [5.41, 5.74) is -0.375. The number of aliphatic hydroxyl groups is 1. The number of amides is 1. The predicted molar refractivity (Wildman–Crippen MR) is 99.1 cm³/mol. The standard InChI is InChI=1S/C20H12F2N2O3S/c21-11-6-7-12(22)14(10-11)24-17(13-4-1-2-8-23-13)16(19(26)20(24)27)18(25)15-5-3-9-28-15/h1-10,17,26H. The number of hydrogen-bond donors (Lipinski definition) is 1. The summed E-state index contributed by atoms with van der Waals surface area (Å²) >= 11 is 1.14. The molecule has 5 nitrogen and oxygen atoms in total. The number of rotatable bonds is 4. The third-order valence-corrected chi connectivity index (χ3v) is 5.20. The molecule has 1 aliphatic heterocycles. The van der Waals surface area contributed by atoms with Crippen molar-refractivity contribution in [1.82, 2.24) is 4.98 Å². The van der Waals surface area contributed by atoms with Crippen molar-refractivity contribution in [3.8, 4) is 0 Å². The Balaban J connectivity index is 1.92. The van der Waals surface area contributed by atoms with Gasteiger partial charge in [0.1, 0.15) is 17.7 Å². The van der Waals surface area contributed by atoms with E-state index in [4.69, 9.17) is 0 Å². The van der Waals surface area contributed by atoms with Crippen LogP contribution in [0.3, 0.4) is 0 Å². The second-order valence-electron chi connectivity index (χ2n) is 6.00. The lowest BCUT2D eigenvalue weighted by Gasteiger charge is -2.26. The number of pyridine rings is 1. The Morgan fingerprint density at radius 3 is 2.64 bits per heavy atom. The molecule has 4 rings (SSSR count). The van der Waals surface area contributed by atoms with E-state index >= 15 is 0 Å². The number of carbonyl (C=O) groups is 2. The molecular weight excluding hydrogens is 386 g/mol. The Morgan fingerprint density at radius 1 is 1.14 bits per heavy atom. The van der Waals surface area contributed by atoms with Gasteiger partial charge in [0.2, 0.25) is 5.78 Å². The maximum absolute atomic E-state index is 14.4. The van der Waals surface area contributed by atoms with Gasteiger partial charge in [-0.3, -0.25) is 19.5 Å². The molecule has 0 aliphatic carbocycles. The van der Waals surface area contributed by atoms with Crippen molar-refractivity contribution in [2.24, 2.45) is 0 Å². The molecule has 0 saturated carbocycles. The molecule has 1 aromatic carbocycles. The van der Waals surface area contributed by atoms with Gasteiger partial charge in [-0.15, -0.1) is 11.3 Å². The quantitative estimate of drug-likeness (QED) is 0.669. The average molecular weight is 398 g/mol. The maximum atomic E-state index is 14.4. The van der Waals surface area contributed by atoms with Crippen molar-refractivity contribution in [2.45, 2.75) is 6.04 Å². The van der Waals surface area contributed by atoms with Gasteiger partial charge in [0.15, 0.2) is 5.76 Å². The SMILES string of the molecule is O=C(C1=C(O)C(=O)N(c2cc(F)ccc2F)C1c1ccccn1)c1cccs1. The second kappa shape index (κ2) is 6.97. The van der Waals surface area contributed by atoms with Gasteiger partial charge in [0.25, 0.3) is 5.91 Å². The first-order chi connectivity index (χ1) is 13.5. The molecule has 1 N–H and O–H groups in total. The molecule has 1 aliphatic rings. The molecule has 140 valence electrons. The van der Waals surface area contributed by atoms with Gasteiger partial charge >= 0.3 is 0 Å². The van der Waals surface area contributed by atoms with Gasteiger partial charge in [-0.25, -0.2) is 8.78 Å². The largest absolute Gasteiger partial charge is 0.503 e. The molecule has 1 atom stereocenters. The Hall–Kier alpha value is -3.39. The molecule has 3 aromatic rings. The van der Waals surface area contributed by atoms with Crippen LogP contribution in [0, 0.1) is 11.6 Å². The van der Waals surface area contributed by atoms with Crippen molar-refractivity contribution in [2.75, 3.05) is 4.90 Å². The van der Waals surface area contributed by atoms with Gasteiger partial charge in [-0.2, -0.15) is 0 Å². The van der Waals surface area contributed by atoms with Crippen LogP contribution in [0.4, 0.5) is 14.5 Å². The van der Waals surface area contributed by atoms with Gasteiger partial charge in [0, 0.05) is 12.3 Å². The molecule has 0 fully saturated rings. The number of hydrogen-bond acceptors (Lipinski definition) is 5. The van der Waals surface area contributed by atoms with Gasteiger partial charge < -0.3 is 5.11 Å². The summed E-state index contributed by atoms with van der Waals surface area (Å²) < 4.78 is 28.2. The van der Waals surface area contributed by atoms with Crippen molar-refractivity contribution in [3.05, 3.63) is 93.6 Å². The molecular formula is C20H12F2N2O3S. The van der Waals surface area contributed by atoms with Crippen molar-refractivity contribution < 1.29 is 23.5 Å². The molecule has 0 spiro atoms. The number of Topliss-reactive ketones (excluding diaryl/α,β-unsaturated/α-hetero) is 1. The van der Waals surface area contributed by atoms with Gasteiger partial charge in [0.05, 0.1) is 21.8 Å². The first-order valence-electron chi connectivity index (χ1n) is 8.20. The van der Waals surface area contributed by atoms with Crippen molar-refractivity contribution in [3.63, 3.8) is 0 Å². The van der Waals surface area contributed by atoms with Crippen LogP contribution >= 0.6 is 11.3 Å². The molecule has 1 unspecified atom stereocenters. The van der Waals surface area contributed by atoms with E-state index in [1.54, 1.807) is 35.7 Å². The van der Waals surface area contributed by atoms with E-state index in [1.165, 1.54) is 6.20 Å². The van der Waals surface area contributed by atoms with Crippen LogP contribution in [0.25, 0.3) is 0 Å². The zero-order valence-electron chi connectivity index (χ0n) is 14.2. The highest BCUT2D eigenvalue weighted by atomic mass is 32.1. The Morgan fingerprint density at radius 2 is 1.96 bits per heavy atom. The topological polar surface area (TPSA) is 70.5 Å². The van der Waals surface area contributed by atoms with E-state index in [0.29, 0.717) is 4.88 Å². The third kappa shape index (κ3) is 2.87. The minimum atomic E-state index is -1.19. The Labute approximate surface area is 162 Å². The van der Waals surface area contributed by atoms with E-state index in [0.717, 1.165) is 34.4 Å². The molecule has 0 bridgehead atoms. The summed E-state index contributed by atoms with van der Waals surface area (Å²) in [6.45, 7) is 0. The first-order valence-corrected chi connectivity index (χ1v) is 9.08. The molecule has 0 saturated heterocycles. The fraction of sp³-hybridized carbons (Fsp3) is 0.0500. The van der Waals surface area contributed by atoms with Crippen LogP contribution in [-0.2, 0) is 4.79 Å². The molecule has 2 aromatic heterocycles. The number of benzene rings is 1. The number of aliphatic hydroxyl groups excluding tert-OH is 1. The second-order valence-corrected chi connectivity index (χ2v) is 6.94. The molecule has 8 heteroatoms. The highest BCUT2D eigenvalue weighted by Gasteiger charge is 2.46. The number of anilines is 1. The smallest absolute Gasteiger partial charge is 0.294 e. The summed E-state index contributed by atoms with van der Waals surface area (Å²) in [7, 11) is 0. The van der Waals surface area contributed by atoms with Gasteiger partial charge in [-0.05, 0) is 35.7 Å². The minimum absolute atomic E-state index is 0.227. The Bertz CT molecular complexity index is 1100. The van der Waals surface area contributed by atoms with E-state index in [9.17, 15) is 23.5 Å². The van der Waals surface area contributed by atoms with E-state index in [2.05, 4.69) is 4.98 Å². The Kier molecular flexibility index (Phi) is 4.48. The monoisotopic (exact) mass is 398 g/mol. The van der Waals surface area contributed by atoms with E-state index < -0.39 is 35.1 Å². The number of carbonyl (C=O) groups excluding carboxylic acids is 2. The first kappa shape index (κ1) is 18.0. The van der Waals surface area contributed by atoms with Crippen LogP contribution in [-0.4, -0.2) is 21.8 Å². The summed E-state index contributed by atoms with van der Waals surface area (Å²) in [5, 5.41) is 12.2. The third-order valence-electron chi connectivity index (χ3n) is 4.33. The summed E-state index contributed by atoms with van der Waals surface area (Å²) in [6, 6.07) is 9.47. The maximum Gasteiger partial charge on any atom is 0.294 e. The van der Waals surface area contributed by atoms with Crippen molar-refractivity contribution in [1.29, 1.82) is 0 Å². The summed E-state index contributed by atoms with van der Waals surface area (Å²) in [6.07, 6.45) is 1.45. The summed E-state index contributed by atoms with van der Waals surface area (Å²) in [4.78, 5) is 31.1.